The van der Waals surface area contributed by atoms with Gasteiger partial charge < -0.3 is 5.32 Å². The van der Waals surface area contributed by atoms with Crippen LogP contribution >= 0.6 is 12.4 Å². The van der Waals surface area contributed by atoms with Gasteiger partial charge in [0.25, 0.3) is 0 Å². The maximum absolute atomic E-state index is 13.9. The Balaban J connectivity index is 0.00000169. The first-order valence-electron chi connectivity index (χ1n) is 8.77. The molecule has 1 saturated carbocycles. The molecule has 0 atom stereocenters. The van der Waals surface area contributed by atoms with Gasteiger partial charge in [-0.05, 0) is 75.0 Å². The van der Waals surface area contributed by atoms with Crippen LogP contribution in [0, 0.1) is 11.7 Å². The Hall–Kier alpha value is -1.23. The predicted molar refractivity (Wildman–Crippen MR) is 98.0 cm³/mol. The normalized spacial score (nSPS) is 19.4. The molecule has 1 saturated heterocycles. The molecule has 5 heteroatoms. The summed E-state index contributed by atoms with van der Waals surface area (Å²) >= 11 is 0. The number of nitrogens with one attached hydrogen (secondary N) is 1. The molecule has 0 spiro atoms. The van der Waals surface area contributed by atoms with Crippen LogP contribution in [0.2, 0.25) is 0 Å². The molecule has 1 aromatic carbocycles. The van der Waals surface area contributed by atoms with Crippen LogP contribution in [0.25, 0.3) is 10.9 Å². The molecule has 2 aromatic rings. The predicted octanol–water partition coefficient (Wildman–Crippen LogP) is 3.76. The maximum Gasteiger partial charge on any atom is 0.132 e. The maximum atomic E-state index is 13.9. The van der Waals surface area contributed by atoms with Gasteiger partial charge in [-0.3, -0.25) is 9.88 Å². The minimum Gasteiger partial charge on any atom is -0.314 e. The average molecular weight is 350 g/mol. The number of pyridine rings is 1. The van der Waals surface area contributed by atoms with Crippen molar-refractivity contribution < 1.29 is 4.39 Å². The Morgan fingerprint density at radius 2 is 1.92 bits per heavy atom. The first kappa shape index (κ1) is 17.6. The van der Waals surface area contributed by atoms with Crippen LogP contribution in [0.15, 0.2) is 30.5 Å². The molecule has 0 bridgehead atoms. The second-order valence-electron chi connectivity index (χ2n) is 7.01. The zero-order valence-corrected chi connectivity index (χ0v) is 14.7. The quantitative estimate of drug-likeness (QED) is 0.890. The smallest absolute Gasteiger partial charge is 0.132 e. The van der Waals surface area contributed by atoms with Crippen molar-refractivity contribution in [2.45, 2.75) is 38.3 Å². The number of likely N-dealkylation sites (tertiary alicyclic amines) is 1. The molecule has 130 valence electrons. The number of hydrogen-bond acceptors (Lipinski definition) is 3. The van der Waals surface area contributed by atoms with Crippen molar-refractivity contribution >= 4 is 23.3 Å². The van der Waals surface area contributed by atoms with Crippen molar-refractivity contribution in [2.75, 3.05) is 19.6 Å². The largest absolute Gasteiger partial charge is 0.314 e. The highest BCUT2D eigenvalue weighted by Gasteiger charge is 2.24. The monoisotopic (exact) mass is 349 g/mol. The van der Waals surface area contributed by atoms with E-state index in [0.717, 1.165) is 36.6 Å². The fourth-order valence-corrected chi connectivity index (χ4v) is 3.52. The zero-order chi connectivity index (χ0) is 15.6. The molecule has 1 aromatic heterocycles. The van der Waals surface area contributed by atoms with Gasteiger partial charge in [0.1, 0.15) is 5.82 Å². The number of nitrogens with zero attached hydrogens (tertiary/aromatic N) is 2. The molecule has 4 rings (SSSR count). The molecule has 2 aliphatic rings. The topological polar surface area (TPSA) is 28.2 Å². The lowest BCUT2D eigenvalue weighted by Gasteiger charge is -2.32. The summed E-state index contributed by atoms with van der Waals surface area (Å²) in [5.41, 5.74) is 1.94. The number of fused-ring (bicyclic) bond motifs is 1. The lowest BCUT2D eigenvalue weighted by molar-refractivity contribution is 0.190. The Bertz CT molecular complexity index is 681. The summed E-state index contributed by atoms with van der Waals surface area (Å²) in [5.74, 6) is 0.768. The van der Waals surface area contributed by atoms with Crippen molar-refractivity contribution in [3.8, 4) is 0 Å². The SMILES string of the molecule is Cl.Fc1ccc(CN2CCC(NCC3CC3)CC2)c2ncccc12. The van der Waals surface area contributed by atoms with Crippen molar-refractivity contribution in [1.29, 1.82) is 0 Å². The summed E-state index contributed by atoms with van der Waals surface area (Å²) < 4.78 is 13.9. The van der Waals surface area contributed by atoms with Crippen molar-refractivity contribution in [3.05, 3.63) is 41.8 Å². The summed E-state index contributed by atoms with van der Waals surface area (Å²) in [6, 6.07) is 7.75. The number of hydrogen-bond donors (Lipinski definition) is 1. The summed E-state index contributed by atoms with van der Waals surface area (Å²) in [5, 5.41) is 4.35. The number of rotatable bonds is 5. The van der Waals surface area contributed by atoms with E-state index in [2.05, 4.69) is 15.2 Å². The number of benzene rings is 1. The van der Waals surface area contributed by atoms with Gasteiger partial charge in [-0.2, -0.15) is 0 Å². The van der Waals surface area contributed by atoms with E-state index in [0.29, 0.717) is 11.4 Å². The number of aromatic nitrogens is 1. The Labute approximate surface area is 149 Å². The molecule has 0 amide bonds. The molecule has 24 heavy (non-hydrogen) atoms. The van der Waals surface area contributed by atoms with Crippen LogP contribution in [0.4, 0.5) is 4.39 Å². The summed E-state index contributed by atoms with van der Waals surface area (Å²) in [6.45, 7) is 4.28. The highest BCUT2D eigenvalue weighted by atomic mass is 35.5. The van der Waals surface area contributed by atoms with E-state index < -0.39 is 0 Å². The van der Waals surface area contributed by atoms with E-state index in [1.54, 1.807) is 18.3 Å². The van der Waals surface area contributed by atoms with Crippen molar-refractivity contribution in [2.24, 2.45) is 5.92 Å². The Kier molecular flexibility index (Phi) is 5.69. The molecular weight excluding hydrogens is 325 g/mol. The van der Waals surface area contributed by atoms with Gasteiger partial charge in [0.05, 0.1) is 5.52 Å². The minimum atomic E-state index is -0.181. The van der Waals surface area contributed by atoms with Crippen molar-refractivity contribution in [1.82, 2.24) is 15.2 Å². The lowest BCUT2D eigenvalue weighted by atomic mass is 10.0. The van der Waals surface area contributed by atoms with Crippen LogP contribution in [0.3, 0.4) is 0 Å². The highest BCUT2D eigenvalue weighted by Crippen LogP contribution is 2.28. The number of piperidine rings is 1. The van der Waals surface area contributed by atoms with Gasteiger partial charge in [0.15, 0.2) is 0 Å². The Morgan fingerprint density at radius 3 is 2.67 bits per heavy atom. The van der Waals surface area contributed by atoms with Gasteiger partial charge in [-0.15, -0.1) is 12.4 Å². The minimum absolute atomic E-state index is 0. The second-order valence-corrected chi connectivity index (χ2v) is 7.01. The molecule has 3 nitrogen and oxygen atoms in total. The standard InChI is InChI=1S/C19H24FN3.ClH/c20-18-6-5-15(19-17(18)2-1-9-21-19)13-23-10-7-16(8-11-23)22-12-14-3-4-14;/h1-2,5-6,9,14,16,22H,3-4,7-8,10-13H2;1H. The number of halogens is 2. The third-order valence-corrected chi connectivity index (χ3v) is 5.17. The van der Waals surface area contributed by atoms with Crippen LogP contribution in [-0.4, -0.2) is 35.6 Å². The Morgan fingerprint density at radius 1 is 1.12 bits per heavy atom. The van der Waals surface area contributed by atoms with E-state index in [1.807, 2.05) is 12.1 Å². The van der Waals surface area contributed by atoms with Gasteiger partial charge in [0.2, 0.25) is 0 Å². The zero-order valence-electron chi connectivity index (χ0n) is 13.9. The van der Waals surface area contributed by atoms with E-state index >= 15 is 0 Å². The van der Waals surface area contributed by atoms with Gasteiger partial charge >= 0.3 is 0 Å². The molecule has 0 radical (unpaired) electrons. The molecule has 0 unspecified atom stereocenters. The first-order valence-corrected chi connectivity index (χ1v) is 8.77. The summed E-state index contributed by atoms with van der Waals surface area (Å²) in [6.07, 6.45) is 6.99. The lowest BCUT2D eigenvalue weighted by Crippen LogP contribution is -2.42. The second kappa shape index (κ2) is 7.77. The van der Waals surface area contributed by atoms with E-state index in [1.165, 1.54) is 32.2 Å². The fourth-order valence-electron chi connectivity index (χ4n) is 3.52. The molecule has 1 aliphatic carbocycles. The van der Waals surface area contributed by atoms with Crippen LogP contribution < -0.4 is 5.32 Å². The molecule has 2 heterocycles. The van der Waals surface area contributed by atoms with Gasteiger partial charge in [-0.25, -0.2) is 4.39 Å². The highest BCUT2D eigenvalue weighted by molar-refractivity contribution is 5.85. The summed E-state index contributed by atoms with van der Waals surface area (Å²) in [7, 11) is 0. The molecule has 2 fully saturated rings. The summed E-state index contributed by atoms with van der Waals surface area (Å²) in [4.78, 5) is 6.87. The molecule has 1 N–H and O–H groups in total. The van der Waals surface area contributed by atoms with E-state index in [-0.39, 0.29) is 18.2 Å². The van der Waals surface area contributed by atoms with Crippen LogP contribution in [-0.2, 0) is 6.54 Å². The molecule has 1 aliphatic heterocycles. The van der Waals surface area contributed by atoms with Gasteiger partial charge in [0, 0.05) is 24.2 Å². The van der Waals surface area contributed by atoms with E-state index in [9.17, 15) is 4.39 Å². The van der Waals surface area contributed by atoms with Crippen LogP contribution in [0.5, 0.6) is 0 Å². The molecular formula is C19H25ClFN3. The third-order valence-electron chi connectivity index (χ3n) is 5.17. The van der Waals surface area contributed by atoms with E-state index in [4.69, 9.17) is 0 Å². The fraction of sp³-hybridized carbons (Fsp3) is 0.526. The van der Waals surface area contributed by atoms with Gasteiger partial charge in [-0.1, -0.05) is 6.07 Å². The average Bonchev–Trinajstić information content (AvgIpc) is 3.41. The van der Waals surface area contributed by atoms with Crippen LogP contribution in [0.1, 0.15) is 31.2 Å². The van der Waals surface area contributed by atoms with Crippen molar-refractivity contribution in [3.63, 3.8) is 0 Å². The first-order chi connectivity index (χ1) is 11.3. The third kappa shape index (κ3) is 4.05.